The third-order valence-corrected chi connectivity index (χ3v) is 7.15. The number of hydrogen-bond donors (Lipinski definition) is 0. The van der Waals surface area contributed by atoms with Crippen molar-refractivity contribution in [1.82, 2.24) is 0 Å². The molecule has 0 amide bonds. The van der Waals surface area contributed by atoms with Crippen LogP contribution in [0.4, 0.5) is 0 Å². The Balaban J connectivity index is 1.60. The summed E-state index contributed by atoms with van der Waals surface area (Å²) in [7, 11) is 0. The van der Waals surface area contributed by atoms with Gasteiger partial charge < -0.3 is 4.42 Å². The molecular formula is C44H28O. The highest BCUT2D eigenvalue weighted by atomic mass is 16.3. The van der Waals surface area contributed by atoms with E-state index in [1.54, 1.807) is 0 Å². The Bertz CT molecular complexity index is 3920. The zero-order chi connectivity index (χ0) is 53.2. The number of fused-ring (bicyclic) bond motifs is 5. The summed E-state index contributed by atoms with van der Waals surface area (Å²) in [6.07, 6.45) is 0. The van der Waals surface area contributed by atoms with E-state index in [9.17, 15) is 12.3 Å². The molecule has 0 aliphatic rings. The van der Waals surface area contributed by atoms with Gasteiger partial charge in [0, 0.05) is 10.8 Å². The van der Waals surface area contributed by atoms with E-state index in [-0.39, 0.29) is 0 Å². The summed E-state index contributed by atoms with van der Waals surface area (Å²) in [5.41, 5.74) is -6.79. The van der Waals surface area contributed by atoms with Crippen LogP contribution in [-0.2, 0) is 0 Å². The van der Waals surface area contributed by atoms with Gasteiger partial charge in [0.2, 0.25) is 0 Å². The predicted octanol–water partition coefficient (Wildman–Crippen LogP) is 12.6. The molecule has 0 atom stereocenters. The maximum Gasteiger partial charge on any atom is 0.135 e. The first-order chi connectivity index (χ1) is 33.6. The molecule has 0 saturated carbocycles. The summed E-state index contributed by atoms with van der Waals surface area (Å²) in [5.74, 6) is 0. The van der Waals surface area contributed by atoms with Crippen LogP contribution in [0.5, 0.6) is 0 Å². The molecule has 0 aliphatic carbocycles. The van der Waals surface area contributed by atoms with Gasteiger partial charge in [-0.25, -0.2) is 0 Å². The van der Waals surface area contributed by atoms with Crippen molar-refractivity contribution in [3.05, 3.63) is 169 Å². The zero-order valence-electron chi connectivity index (χ0n) is 49.5. The van der Waals surface area contributed by atoms with Crippen LogP contribution in [0.3, 0.4) is 0 Å². The normalized spacial score (nSPS) is 20.0. The van der Waals surface area contributed by atoms with Gasteiger partial charge in [-0.15, -0.1) is 0 Å². The number of benzene rings is 8. The summed E-state index contributed by atoms with van der Waals surface area (Å²) in [4.78, 5) is 0. The molecule has 0 saturated heterocycles. The van der Waals surface area contributed by atoms with Crippen LogP contribution in [0, 0.1) is 0 Å². The summed E-state index contributed by atoms with van der Waals surface area (Å²) in [5, 5.41) is -4.04. The van der Waals surface area contributed by atoms with Crippen LogP contribution in [0.2, 0.25) is 0 Å². The molecule has 45 heavy (non-hydrogen) atoms. The van der Waals surface area contributed by atoms with Crippen molar-refractivity contribution in [3.8, 4) is 44.5 Å². The number of hydrogen-bond acceptors (Lipinski definition) is 1. The summed E-state index contributed by atoms with van der Waals surface area (Å²) >= 11 is 0. The third kappa shape index (κ3) is 4.17. The average Bonchev–Trinajstić information content (AvgIpc) is 3.77. The molecule has 9 aromatic rings. The highest BCUT2D eigenvalue weighted by molar-refractivity contribution is 6.23. The van der Waals surface area contributed by atoms with Gasteiger partial charge in [0.25, 0.3) is 0 Å². The lowest BCUT2D eigenvalue weighted by Gasteiger charge is -2.19. The van der Waals surface area contributed by atoms with Gasteiger partial charge in [0.05, 0.1) is 37.0 Å². The van der Waals surface area contributed by atoms with Crippen molar-refractivity contribution < 1.29 is 41.4 Å². The monoisotopic (exact) mass is 599 g/mol. The fourth-order valence-corrected chi connectivity index (χ4v) is 5.28. The summed E-state index contributed by atoms with van der Waals surface area (Å²) in [6, 6.07) is -23.9. The lowest BCUT2D eigenvalue weighted by molar-refractivity contribution is 0.669. The van der Waals surface area contributed by atoms with Crippen LogP contribution in [0.1, 0.15) is 37.0 Å². The molecule has 0 radical (unpaired) electrons. The smallest absolute Gasteiger partial charge is 0.135 e. The van der Waals surface area contributed by atoms with Gasteiger partial charge in [0.1, 0.15) is 11.2 Å². The first kappa shape index (κ1) is 10.3. The first-order valence-electron chi connectivity index (χ1n) is 26.7. The lowest BCUT2D eigenvalue weighted by Crippen LogP contribution is -1.92. The second kappa shape index (κ2) is 10.4. The summed E-state index contributed by atoms with van der Waals surface area (Å²) < 4.78 is 247. The zero-order valence-corrected chi connectivity index (χ0v) is 22.5. The Hall–Kier alpha value is -5.92. The molecule has 0 bridgehead atoms. The number of furan rings is 1. The van der Waals surface area contributed by atoms with E-state index in [0.29, 0.717) is 0 Å². The predicted molar refractivity (Wildman–Crippen MR) is 190 cm³/mol. The Labute approximate surface area is 299 Å². The Kier molecular flexibility index (Phi) is 2.38. The van der Waals surface area contributed by atoms with Gasteiger partial charge in [-0.1, -0.05) is 145 Å². The molecule has 1 aromatic heterocycles. The van der Waals surface area contributed by atoms with E-state index >= 15 is 0 Å². The molecule has 9 rings (SSSR count). The van der Waals surface area contributed by atoms with Crippen LogP contribution >= 0.6 is 0 Å². The molecule has 0 fully saturated rings. The van der Waals surface area contributed by atoms with Crippen molar-refractivity contribution >= 4 is 43.5 Å². The van der Waals surface area contributed by atoms with Crippen LogP contribution < -0.4 is 0 Å². The van der Waals surface area contributed by atoms with Gasteiger partial charge in [-0.05, 0) is 90.2 Å². The van der Waals surface area contributed by atoms with Gasteiger partial charge >= 0.3 is 0 Å². The van der Waals surface area contributed by atoms with Gasteiger partial charge in [0.15, 0.2) is 0 Å². The molecule has 0 unspecified atom stereocenters. The minimum atomic E-state index is -1.06. The molecule has 1 heterocycles. The lowest BCUT2D eigenvalue weighted by atomic mass is 9.83. The molecule has 0 aliphatic heterocycles. The summed E-state index contributed by atoms with van der Waals surface area (Å²) in [6.45, 7) is 0. The first-order valence-corrected chi connectivity index (χ1v) is 13.2. The van der Waals surface area contributed by atoms with Crippen LogP contribution in [-0.4, -0.2) is 0 Å². The average molecular weight is 600 g/mol. The van der Waals surface area contributed by atoms with Crippen molar-refractivity contribution in [3.63, 3.8) is 0 Å². The quantitative estimate of drug-likeness (QED) is 0.183. The van der Waals surface area contributed by atoms with Crippen LogP contribution in [0.15, 0.2) is 174 Å². The standard InChI is InChI=1S/C44H28O/c1-3-13-29(14-4-1)31-23-25-41-39(27-31)40-28-32(24-26-42(40)45-41)43-35-19-9-11-21-37(35)44(38-22-12-10-20-36(38)43)34-18-8-7-17-33(34)30-15-5-2-6-16-30/h1-28H/i1D,2D,3D,4D,5D,6D,7D,8D,9D,10D,11D,12D,13D,14D,15D,16D,17D,18D,19D,20D,21D,22D,24D,25D,26D,27D,28D. The molecule has 8 aromatic carbocycles. The number of rotatable bonds is 4. The minimum Gasteiger partial charge on any atom is -0.456 e. The van der Waals surface area contributed by atoms with E-state index in [2.05, 4.69) is 0 Å². The van der Waals surface area contributed by atoms with E-state index in [4.69, 9.17) is 29.1 Å². The third-order valence-electron chi connectivity index (χ3n) is 7.15. The maximum atomic E-state index is 9.87. The van der Waals surface area contributed by atoms with E-state index < -0.39 is 251 Å². The topological polar surface area (TPSA) is 13.1 Å². The fourth-order valence-electron chi connectivity index (χ4n) is 5.28. The SMILES string of the molecule is [2H]c1c([2H])c([2H])c(-c2cc([2H])c3oc4c([2H])c([2H])c(-c5c6c([2H])c([2H])c([2H])c([2H])c6c(-c6c([2H])c([2H])c([2H])c([2H])c6-c6c([2H])c([2H])c([2H])c([2H])c6[2H])c6c([2H])c([2H])c([2H])c([2H])c56)c([2H])c4c3c2[2H])c([2H])c1[2H]. The molecule has 1 heteroatoms. The fraction of sp³-hybridized carbons (Fsp3) is 0. The van der Waals surface area contributed by atoms with Gasteiger partial charge in [-0.3, -0.25) is 0 Å². The van der Waals surface area contributed by atoms with E-state index in [1.807, 2.05) is 0 Å². The highest BCUT2D eigenvalue weighted by Crippen LogP contribution is 2.46. The second-order valence-corrected chi connectivity index (χ2v) is 9.59. The van der Waals surface area contributed by atoms with Crippen molar-refractivity contribution in [1.29, 1.82) is 0 Å². The molecule has 210 valence electrons. The molecule has 0 spiro atoms. The van der Waals surface area contributed by atoms with Crippen molar-refractivity contribution in [2.45, 2.75) is 0 Å². The highest BCUT2D eigenvalue weighted by Gasteiger charge is 2.19. The van der Waals surface area contributed by atoms with E-state index in [1.165, 1.54) is 0 Å². The van der Waals surface area contributed by atoms with Gasteiger partial charge in [-0.2, -0.15) is 0 Å². The minimum absolute atomic E-state index is 0.416. The largest absolute Gasteiger partial charge is 0.456 e. The Morgan fingerprint density at radius 2 is 0.822 bits per heavy atom. The molecule has 0 N–H and O–H groups in total. The Morgan fingerprint density at radius 3 is 1.47 bits per heavy atom. The Morgan fingerprint density at radius 1 is 0.333 bits per heavy atom. The molecule has 1 nitrogen and oxygen atoms in total. The second-order valence-electron chi connectivity index (χ2n) is 9.59. The van der Waals surface area contributed by atoms with Crippen molar-refractivity contribution in [2.24, 2.45) is 0 Å². The van der Waals surface area contributed by atoms with Crippen molar-refractivity contribution in [2.75, 3.05) is 0 Å². The van der Waals surface area contributed by atoms with Crippen LogP contribution in [0.25, 0.3) is 88.0 Å². The maximum absolute atomic E-state index is 9.87. The molecular weight excluding hydrogens is 544 g/mol. The van der Waals surface area contributed by atoms with E-state index in [0.717, 1.165) is 6.07 Å².